The minimum atomic E-state index is -0.191. The van der Waals surface area contributed by atoms with Crippen LogP contribution in [0.5, 0.6) is 0 Å². The molecule has 1 atom stereocenters. The smallest absolute Gasteiger partial charge is 0.252 e. The van der Waals surface area contributed by atoms with Gasteiger partial charge in [0, 0.05) is 19.7 Å². The van der Waals surface area contributed by atoms with Crippen molar-refractivity contribution < 1.29 is 13.9 Å². The van der Waals surface area contributed by atoms with Crippen molar-refractivity contribution in [2.45, 2.75) is 38.3 Å². The number of carbonyl (C=O) groups excluding carboxylic acids is 1. The van der Waals surface area contributed by atoms with Gasteiger partial charge in [0.2, 0.25) is 0 Å². The Morgan fingerprint density at radius 2 is 1.72 bits per heavy atom. The standard InChI is InChI=1S/C15H19NO2.C6H5F/c17-15(14-7-3-4-10-18-14)16-9-8-12-5-1-2-6-13(12)11-16;7-6-4-2-1-3-5-6/h1-2,5-6,14H,3-4,7-11H2;1-5H. The molecule has 132 valence electrons. The van der Waals surface area contributed by atoms with E-state index in [9.17, 15) is 9.18 Å². The van der Waals surface area contributed by atoms with Crippen LogP contribution in [0.2, 0.25) is 0 Å². The Labute approximate surface area is 148 Å². The van der Waals surface area contributed by atoms with Crippen LogP contribution >= 0.6 is 0 Å². The van der Waals surface area contributed by atoms with Gasteiger partial charge in [-0.05, 0) is 48.9 Å². The van der Waals surface area contributed by atoms with Gasteiger partial charge in [-0.3, -0.25) is 4.79 Å². The summed E-state index contributed by atoms with van der Waals surface area (Å²) < 4.78 is 17.5. The fraction of sp³-hybridized carbons (Fsp3) is 0.381. The molecule has 0 aromatic heterocycles. The lowest BCUT2D eigenvalue weighted by molar-refractivity contribution is -0.147. The number of ether oxygens (including phenoxy) is 1. The van der Waals surface area contributed by atoms with Gasteiger partial charge in [-0.15, -0.1) is 0 Å². The molecule has 4 rings (SSSR count). The summed E-state index contributed by atoms with van der Waals surface area (Å²) in [6.45, 7) is 2.31. The summed E-state index contributed by atoms with van der Waals surface area (Å²) in [5.74, 6) is 0.00621. The quantitative estimate of drug-likeness (QED) is 0.785. The Hall–Kier alpha value is -2.20. The van der Waals surface area contributed by atoms with Gasteiger partial charge in [-0.1, -0.05) is 42.5 Å². The Morgan fingerprint density at radius 3 is 2.36 bits per heavy atom. The van der Waals surface area contributed by atoms with Crippen LogP contribution in [0.1, 0.15) is 30.4 Å². The van der Waals surface area contributed by atoms with Crippen LogP contribution in [0.3, 0.4) is 0 Å². The molecular formula is C21H24FNO2. The van der Waals surface area contributed by atoms with Crippen LogP contribution < -0.4 is 0 Å². The van der Waals surface area contributed by atoms with E-state index in [1.54, 1.807) is 18.2 Å². The average Bonchev–Trinajstić information content (AvgIpc) is 2.69. The number of amides is 1. The average molecular weight is 341 g/mol. The number of fused-ring (bicyclic) bond motifs is 1. The predicted molar refractivity (Wildman–Crippen MR) is 95.6 cm³/mol. The van der Waals surface area contributed by atoms with E-state index in [1.165, 1.54) is 23.3 Å². The molecule has 0 spiro atoms. The molecule has 1 amide bonds. The maximum atomic E-state index is 12.4. The summed E-state index contributed by atoms with van der Waals surface area (Å²) in [4.78, 5) is 14.3. The molecule has 1 unspecified atom stereocenters. The monoisotopic (exact) mass is 341 g/mol. The molecule has 3 nitrogen and oxygen atoms in total. The van der Waals surface area contributed by atoms with Gasteiger partial charge in [0.05, 0.1) is 0 Å². The molecule has 2 aromatic rings. The number of halogens is 1. The highest BCUT2D eigenvalue weighted by Crippen LogP contribution is 2.22. The molecule has 25 heavy (non-hydrogen) atoms. The van der Waals surface area contributed by atoms with E-state index in [-0.39, 0.29) is 17.8 Å². The second kappa shape index (κ2) is 8.77. The van der Waals surface area contributed by atoms with Crippen molar-refractivity contribution in [1.82, 2.24) is 4.90 Å². The topological polar surface area (TPSA) is 29.5 Å². The zero-order valence-electron chi connectivity index (χ0n) is 14.4. The van der Waals surface area contributed by atoms with Gasteiger partial charge < -0.3 is 9.64 Å². The third-order valence-electron chi connectivity index (χ3n) is 4.63. The van der Waals surface area contributed by atoms with Crippen molar-refractivity contribution in [3.8, 4) is 0 Å². The first-order valence-electron chi connectivity index (χ1n) is 8.92. The molecule has 1 fully saturated rings. The van der Waals surface area contributed by atoms with E-state index in [0.717, 1.165) is 45.4 Å². The van der Waals surface area contributed by atoms with E-state index in [4.69, 9.17) is 4.74 Å². The minimum Gasteiger partial charge on any atom is -0.368 e. The van der Waals surface area contributed by atoms with Crippen LogP contribution in [-0.2, 0) is 22.5 Å². The molecule has 4 heteroatoms. The number of hydrogen-bond acceptors (Lipinski definition) is 2. The van der Waals surface area contributed by atoms with Crippen molar-refractivity contribution in [3.05, 3.63) is 71.5 Å². The van der Waals surface area contributed by atoms with Crippen molar-refractivity contribution >= 4 is 5.91 Å². The number of nitrogens with zero attached hydrogens (tertiary/aromatic N) is 1. The van der Waals surface area contributed by atoms with Gasteiger partial charge in [0.1, 0.15) is 11.9 Å². The van der Waals surface area contributed by atoms with Crippen molar-refractivity contribution in [1.29, 1.82) is 0 Å². The van der Waals surface area contributed by atoms with E-state index >= 15 is 0 Å². The number of carbonyl (C=O) groups is 1. The zero-order valence-corrected chi connectivity index (χ0v) is 14.4. The second-order valence-electron chi connectivity index (χ2n) is 6.43. The normalized spacial score (nSPS) is 19.4. The van der Waals surface area contributed by atoms with Gasteiger partial charge >= 0.3 is 0 Å². The Bertz CT molecular complexity index is 683. The molecule has 0 N–H and O–H groups in total. The highest BCUT2D eigenvalue weighted by Gasteiger charge is 2.28. The fourth-order valence-corrected chi connectivity index (χ4v) is 3.24. The summed E-state index contributed by atoms with van der Waals surface area (Å²) in [6.07, 6.45) is 3.86. The summed E-state index contributed by atoms with van der Waals surface area (Å²) in [5.41, 5.74) is 2.67. The third kappa shape index (κ3) is 4.89. The molecule has 2 heterocycles. The lowest BCUT2D eigenvalue weighted by Crippen LogP contribution is -2.44. The molecule has 2 aliphatic heterocycles. The lowest BCUT2D eigenvalue weighted by Gasteiger charge is -2.33. The van der Waals surface area contributed by atoms with Crippen LogP contribution in [0.4, 0.5) is 4.39 Å². The first kappa shape index (κ1) is 17.6. The molecule has 2 aliphatic rings. The van der Waals surface area contributed by atoms with Crippen LogP contribution in [0.25, 0.3) is 0 Å². The lowest BCUT2D eigenvalue weighted by atomic mass is 9.99. The summed E-state index contributed by atoms with van der Waals surface area (Å²) in [6, 6.07) is 16.3. The van der Waals surface area contributed by atoms with Crippen molar-refractivity contribution in [3.63, 3.8) is 0 Å². The maximum absolute atomic E-state index is 12.4. The van der Waals surface area contributed by atoms with E-state index in [2.05, 4.69) is 18.2 Å². The van der Waals surface area contributed by atoms with Gasteiger partial charge in [0.25, 0.3) is 5.91 Å². The molecule has 1 saturated heterocycles. The maximum Gasteiger partial charge on any atom is 0.252 e. The van der Waals surface area contributed by atoms with Crippen LogP contribution in [-0.4, -0.2) is 30.1 Å². The van der Waals surface area contributed by atoms with E-state index in [1.807, 2.05) is 11.0 Å². The summed E-state index contributed by atoms with van der Waals surface area (Å²) >= 11 is 0. The molecule has 0 saturated carbocycles. The third-order valence-corrected chi connectivity index (χ3v) is 4.63. The van der Waals surface area contributed by atoms with Gasteiger partial charge in [0.15, 0.2) is 0 Å². The van der Waals surface area contributed by atoms with Crippen molar-refractivity contribution in [2.75, 3.05) is 13.2 Å². The molecule has 0 aliphatic carbocycles. The largest absolute Gasteiger partial charge is 0.368 e. The molecular weight excluding hydrogens is 317 g/mol. The summed E-state index contributed by atoms with van der Waals surface area (Å²) in [5, 5.41) is 0. The first-order chi connectivity index (χ1) is 12.2. The first-order valence-corrected chi connectivity index (χ1v) is 8.92. The highest BCUT2D eigenvalue weighted by molar-refractivity contribution is 5.81. The van der Waals surface area contributed by atoms with Crippen molar-refractivity contribution in [2.24, 2.45) is 0 Å². The van der Waals surface area contributed by atoms with Gasteiger partial charge in [-0.25, -0.2) is 4.39 Å². The highest BCUT2D eigenvalue weighted by atomic mass is 19.1. The van der Waals surface area contributed by atoms with E-state index < -0.39 is 0 Å². The number of hydrogen-bond donors (Lipinski definition) is 0. The number of rotatable bonds is 1. The minimum absolute atomic E-state index is 0.178. The predicted octanol–water partition coefficient (Wildman–Crippen LogP) is 3.97. The zero-order chi connectivity index (χ0) is 17.5. The van der Waals surface area contributed by atoms with Crippen LogP contribution in [0, 0.1) is 5.82 Å². The summed E-state index contributed by atoms with van der Waals surface area (Å²) in [7, 11) is 0. The Balaban J connectivity index is 0.000000219. The SMILES string of the molecule is Fc1ccccc1.O=C(C1CCCCO1)N1CCc2ccccc2C1. The van der Waals surface area contributed by atoms with E-state index in [0.29, 0.717) is 0 Å². The van der Waals surface area contributed by atoms with Gasteiger partial charge in [-0.2, -0.15) is 0 Å². The number of benzene rings is 2. The van der Waals surface area contributed by atoms with Crippen LogP contribution in [0.15, 0.2) is 54.6 Å². The molecule has 0 bridgehead atoms. The molecule has 2 aromatic carbocycles. The Kier molecular flexibility index (Phi) is 6.18. The second-order valence-corrected chi connectivity index (χ2v) is 6.43. The molecule has 0 radical (unpaired) electrons. The Morgan fingerprint density at radius 1 is 1.00 bits per heavy atom. The fourth-order valence-electron chi connectivity index (χ4n) is 3.24.